The van der Waals surface area contributed by atoms with Gasteiger partial charge in [0.15, 0.2) is 0 Å². The average Bonchev–Trinajstić information content (AvgIpc) is 2.15. The zero-order valence-corrected chi connectivity index (χ0v) is 12.4. The van der Waals surface area contributed by atoms with Crippen molar-refractivity contribution in [3.63, 3.8) is 0 Å². The second-order valence-electron chi connectivity index (χ2n) is 6.50. The fourth-order valence-corrected chi connectivity index (χ4v) is 3.10. The Bertz CT molecular complexity index is 322. The van der Waals surface area contributed by atoms with Crippen LogP contribution in [-0.4, -0.2) is 33.0 Å². The summed E-state index contributed by atoms with van der Waals surface area (Å²) in [6.07, 6.45) is 6.20. The molecule has 1 rings (SSSR count). The number of hydrogen-bond donors (Lipinski definition) is 1. The van der Waals surface area contributed by atoms with E-state index in [9.17, 15) is 8.42 Å². The first-order valence-corrected chi connectivity index (χ1v) is 8.65. The molecule has 0 aromatic carbocycles. The van der Waals surface area contributed by atoms with Crippen molar-refractivity contribution in [2.75, 3.05) is 18.6 Å². The van der Waals surface area contributed by atoms with Gasteiger partial charge in [-0.05, 0) is 37.0 Å². The number of rotatable bonds is 4. The Balaban J connectivity index is 2.24. The highest BCUT2D eigenvalue weighted by Gasteiger charge is 2.29. The van der Waals surface area contributed by atoms with Crippen molar-refractivity contribution < 1.29 is 8.42 Å². The highest BCUT2D eigenvalue weighted by Crippen LogP contribution is 2.37. The highest BCUT2D eigenvalue weighted by molar-refractivity contribution is 7.90. The first kappa shape index (κ1) is 15.0. The molecule has 4 heteroatoms. The van der Waals surface area contributed by atoms with E-state index in [4.69, 9.17) is 0 Å². The van der Waals surface area contributed by atoms with Crippen LogP contribution in [0.5, 0.6) is 0 Å². The van der Waals surface area contributed by atoms with E-state index < -0.39 is 9.84 Å². The third-order valence-electron chi connectivity index (χ3n) is 3.86. The molecule has 0 amide bonds. The van der Waals surface area contributed by atoms with Gasteiger partial charge in [-0.3, -0.25) is 0 Å². The lowest BCUT2D eigenvalue weighted by molar-refractivity contribution is 0.161. The molecule has 0 aliphatic heterocycles. The minimum Gasteiger partial charge on any atom is -0.313 e. The van der Waals surface area contributed by atoms with Gasteiger partial charge in [0.1, 0.15) is 9.84 Å². The van der Waals surface area contributed by atoms with E-state index >= 15 is 0 Å². The molecule has 0 saturated heterocycles. The Hall–Kier alpha value is -0.0900. The fourth-order valence-electron chi connectivity index (χ4n) is 2.61. The molecular weight excluding hydrogens is 234 g/mol. The van der Waals surface area contributed by atoms with E-state index in [0.29, 0.717) is 18.0 Å². The number of hydrogen-bond acceptors (Lipinski definition) is 3. The van der Waals surface area contributed by atoms with E-state index in [1.807, 2.05) is 0 Å². The normalized spacial score (nSPS) is 27.1. The summed E-state index contributed by atoms with van der Waals surface area (Å²) in [6.45, 7) is 7.54. The quantitative estimate of drug-likeness (QED) is 0.844. The summed E-state index contributed by atoms with van der Waals surface area (Å²) in [5.41, 5.74) is 0.414. The van der Waals surface area contributed by atoms with Crippen LogP contribution in [-0.2, 0) is 9.84 Å². The number of nitrogens with one attached hydrogen (secondary N) is 1. The third-order valence-corrected chi connectivity index (χ3v) is 4.80. The van der Waals surface area contributed by atoms with Crippen molar-refractivity contribution in [1.82, 2.24) is 5.32 Å². The van der Waals surface area contributed by atoms with Crippen LogP contribution in [0.2, 0.25) is 0 Å². The van der Waals surface area contributed by atoms with Crippen molar-refractivity contribution in [3.8, 4) is 0 Å². The average molecular weight is 261 g/mol. The SMILES string of the molecule is CC(C)(C)C1CCC(NCCS(C)(=O)=O)CC1. The Morgan fingerprint density at radius 2 is 1.65 bits per heavy atom. The predicted molar refractivity (Wildman–Crippen MR) is 72.9 cm³/mol. The molecule has 0 bridgehead atoms. The maximum atomic E-state index is 11.0. The second-order valence-corrected chi connectivity index (χ2v) is 8.76. The Morgan fingerprint density at radius 1 is 1.12 bits per heavy atom. The fraction of sp³-hybridized carbons (Fsp3) is 1.00. The summed E-state index contributed by atoms with van der Waals surface area (Å²) in [5, 5.41) is 3.37. The van der Waals surface area contributed by atoms with Crippen molar-refractivity contribution in [2.45, 2.75) is 52.5 Å². The van der Waals surface area contributed by atoms with Crippen LogP contribution in [0.1, 0.15) is 46.5 Å². The summed E-state index contributed by atoms with van der Waals surface area (Å²) in [6, 6.07) is 0.523. The second kappa shape index (κ2) is 5.70. The molecule has 0 spiro atoms. The molecule has 0 radical (unpaired) electrons. The summed E-state index contributed by atoms with van der Waals surface area (Å²) in [5.74, 6) is 1.07. The zero-order chi connectivity index (χ0) is 13.1. The van der Waals surface area contributed by atoms with Crippen LogP contribution in [0.3, 0.4) is 0 Å². The van der Waals surface area contributed by atoms with Gasteiger partial charge in [0.2, 0.25) is 0 Å². The van der Waals surface area contributed by atoms with Gasteiger partial charge in [0, 0.05) is 18.8 Å². The molecular formula is C13H27NO2S. The summed E-state index contributed by atoms with van der Waals surface area (Å²) < 4.78 is 22.0. The Morgan fingerprint density at radius 3 is 2.06 bits per heavy atom. The standard InChI is InChI=1S/C13H27NO2S/c1-13(2,3)11-5-7-12(8-6-11)14-9-10-17(4,15)16/h11-12,14H,5-10H2,1-4H3. The lowest BCUT2D eigenvalue weighted by Crippen LogP contribution is -2.38. The number of sulfone groups is 1. The molecule has 1 N–H and O–H groups in total. The van der Waals surface area contributed by atoms with E-state index in [1.54, 1.807) is 0 Å². The van der Waals surface area contributed by atoms with E-state index in [-0.39, 0.29) is 5.75 Å². The topological polar surface area (TPSA) is 46.2 Å². The monoisotopic (exact) mass is 261 g/mol. The minimum atomic E-state index is -2.82. The molecule has 17 heavy (non-hydrogen) atoms. The molecule has 0 atom stereocenters. The highest BCUT2D eigenvalue weighted by atomic mass is 32.2. The van der Waals surface area contributed by atoms with Crippen molar-refractivity contribution in [1.29, 1.82) is 0 Å². The molecule has 0 heterocycles. The lowest BCUT2D eigenvalue weighted by Gasteiger charge is -2.37. The van der Waals surface area contributed by atoms with Crippen LogP contribution in [0, 0.1) is 11.3 Å². The van der Waals surface area contributed by atoms with Gasteiger partial charge < -0.3 is 5.32 Å². The molecule has 0 aromatic heterocycles. The molecule has 1 aliphatic carbocycles. The first-order chi connectivity index (χ1) is 7.68. The van der Waals surface area contributed by atoms with Crippen molar-refractivity contribution in [3.05, 3.63) is 0 Å². The molecule has 102 valence electrons. The molecule has 1 saturated carbocycles. The van der Waals surface area contributed by atoms with Gasteiger partial charge >= 0.3 is 0 Å². The van der Waals surface area contributed by atoms with Gasteiger partial charge in [-0.2, -0.15) is 0 Å². The molecule has 3 nitrogen and oxygen atoms in total. The first-order valence-electron chi connectivity index (χ1n) is 6.59. The van der Waals surface area contributed by atoms with Crippen LogP contribution < -0.4 is 5.32 Å². The Kier molecular flexibility index (Phi) is 5.02. The van der Waals surface area contributed by atoms with Crippen molar-refractivity contribution >= 4 is 9.84 Å². The van der Waals surface area contributed by atoms with E-state index in [1.165, 1.54) is 31.9 Å². The third kappa shape index (κ3) is 5.87. The van der Waals surface area contributed by atoms with Gasteiger partial charge in [-0.25, -0.2) is 8.42 Å². The van der Waals surface area contributed by atoms with Crippen LogP contribution in [0.25, 0.3) is 0 Å². The molecule has 0 unspecified atom stereocenters. The van der Waals surface area contributed by atoms with Crippen LogP contribution in [0.15, 0.2) is 0 Å². The molecule has 1 fully saturated rings. The van der Waals surface area contributed by atoms with Gasteiger partial charge in [0.25, 0.3) is 0 Å². The van der Waals surface area contributed by atoms with Gasteiger partial charge in [-0.1, -0.05) is 20.8 Å². The van der Waals surface area contributed by atoms with Crippen LogP contribution in [0.4, 0.5) is 0 Å². The molecule has 1 aliphatic rings. The smallest absolute Gasteiger partial charge is 0.148 e. The van der Waals surface area contributed by atoms with Gasteiger partial charge in [0.05, 0.1) is 5.75 Å². The zero-order valence-electron chi connectivity index (χ0n) is 11.6. The van der Waals surface area contributed by atoms with E-state index in [0.717, 1.165) is 5.92 Å². The van der Waals surface area contributed by atoms with Crippen LogP contribution >= 0.6 is 0 Å². The van der Waals surface area contributed by atoms with Gasteiger partial charge in [-0.15, -0.1) is 0 Å². The van der Waals surface area contributed by atoms with Crippen molar-refractivity contribution in [2.24, 2.45) is 11.3 Å². The lowest BCUT2D eigenvalue weighted by atomic mass is 9.71. The Labute approximate surface area is 106 Å². The molecule has 0 aromatic rings. The largest absolute Gasteiger partial charge is 0.313 e. The predicted octanol–water partition coefficient (Wildman–Crippen LogP) is 2.23. The minimum absolute atomic E-state index is 0.256. The van der Waals surface area contributed by atoms with E-state index in [2.05, 4.69) is 26.1 Å². The maximum Gasteiger partial charge on any atom is 0.148 e. The summed E-state index contributed by atoms with van der Waals surface area (Å²) in [4.78, 5) is 0. The summed E-state index contributed by atoms with van der Waals surface area (Å²) >= 11 is 0. The summed E-state index contributed by atoms with van der Waals surface area (Å²) in [7, 11) is -2.82. The maximum absolute atomic E-state index is 11.0.